The summed E-state index contributed by atoms with van der Waals surface area (Å²) in [5, 5.41) is 2.34. The molecule has 1 N–H and O–H groups in total. The fourth-order valence-electron chi connectivity index (χ4n) is 2.19. The SMILES string of the molecule is COc1cc(NC(=O)COC(=O)c2ccc(F)c(Cl)c2)cc(OC)c1OC. The Kier molecular flexibility index (Phi) is 6.84. The number of methoxy groups -OCH3 is 3. The van der Waals surface area contributed by atoms with Crippen molar-refractivity contribution < 1.29 is 32.9 Å². The maximum atomic E-state index is 13.1. The summed E-state index contributed by atoms with van der Waals surface area (Å²) in [7, 11) is 4.34. The van der Waals surface area contributed by atoms with E-state index in [0.717, 1.165) is 12.1 Å². The molecule has 7 nitrogen and oxygen atoms in total. The van der Waals surface area contributed by atoms with Crippen LogP contribution in [0.4, 0.5) is 10.1 Å². The predicted octanol–water partition coefficient (Wildman–Crippen LogP) is 3.30. The van der Waals surface area contributed by atoms with Gasteiger partial charge in [0.25, 0.3) is 5.91 Å². The van der Waals surface area contributed by atoms with Crippen molar-refractivity contribution in [3.05, 3.63) is 46.7 Å². The largest absolute Gasteiger partial charge is 0.493 e. The van der Waals surface area contributed by atoms with Crippen LogP contribution in [-0.4, -0.2) is 39.8 Å². The Morgan fingerprint density at radius 1 is 1.04 bits per heavy atom. The van der Waals surface area contributed by atoms with Crippen molar-refractivity contribution in [1.82, 2.24) is 0 Å². The summed E-state index contributed by atoms with van der Waals surface area (Å²) < 4.78 is 33.6. The molecule has 0 aromatic heterocycles. The maximum Gasteiger partial charge on any atom is 0.338 e. The highest BCUT2D eigenvalue weighted by molar-refractivity contribution is 6.31. The van der Waals surface area contributed by atoms with Gasteiger partial charge in [0.15, 0.2) is 18.1 Å². The van der Waals surface area contributed by atoms with Crippen LogP contribution in [0.25, 0.3) is 0 Å². The van der Waals surface area contributed by atoms with E-state index in [1.807, 2.05) is 0 Å². The molecule has 0 aliphatic heterocycles. The van der Waals surface area contributed by atoms with Crippen LogP contribution >= 0.6 is 11.6 Å². The van der Waals surface area contributed by atoms with Crippen molar-refractivity contribution in [2.75, 3.05) is 33.3 Å². The molecule has 0 aliphatic rings. The van der Waals surface area contributed by atoms with E-state index in [1.54, 1.807) is 0 Å². The van der Waals surface area contributed by atoms with Gasteiger partial charge in [-0.1, -0.05) is 11.6 Å². The van der Waals surface area contributed by atoms with E-state index in [1.165, 1.54) is 39.5 Å². The normalized spacial score (nSPS) is 10.1. The van der Waals surface area contributed by atoms with Gasteiger partial charge in [-0.05, 0) is 18.2 Å². The molecule has 144 valence electrons. The highest BCUT2D eigenvalue weighted by Gasteiger charge is 2.16. The highest BCUT2D eigenvalue weighted by Crippen LogP contribution is 2.39. The first-order valence-corrected chi connectivity index (χ1v) is 7.99. The van der Waals surface area contributed by atoms with E-state index >= 15 is 0 Å². The van der Waals surface area contributed by atoms with Gasteiger partial charge >= 0.3 is 5.97 Å². The van der Waals surface area contributed by atoms with E-state index in [9.17, 15) is 14.0 Å². The molecular weight excluding hydrogens is 381 g/mol. The second kappa shape index (κ2) is 9.09. The van der Waals surface area contributed by atoms with Gasteiger partial charge < -0.3 is 24.3 Å². The molecule has 0 spiro atoms. The number of rotatable bonds is 7. The van der Waals surface area contributed by atoms with Gasteiger partial charge in [-0.3, -0.25) is 4.79 Å². The molecule has 2 aromatic rings. The van der Waals surface area contributed by atoms with Crippen molar-refractivity contribution >= 4 is 29.2 Å². The number of carbonyl (C=O) groups is 2. The Bertz CT molecular complexity index is 833. The van der Waals surface area contributed by atoms with Crippen LogP contribution in [0.15, 0.2) is 30.3 Å². The number of hydrogen-bond donors (Lipinski definition) is 1. The van der Waals surface area contributed by atoms with Crippen LogP contribution in [0.2, 0.25) is 5.02 Å². The standard InChI is InChI=1S/C18H17ClFNO6/c1-24-14-7-11(8-15(25-2)17(14)26-3)21-16(22)9-27-18(23)10-4-5-13(20)12(19)6-10/h4-8H,9H2,1-3H3,(H,21,22). The third-order valence-corrected chi connectivity index (χ3v) is 3.73. The average Bonchev–Trinajstić information content (AvgIpc) is 2.67. The van der Waals surface area contributed by atoms with Crippen molar-refractivity contribution in [1.29, 1.82) is 0 Å². The summed E-state index contributed by atoms with van der Waals surface area (Å²) in [5.41, 5.74) is 0.386. The number of amides is 1. The van der Waals surface area contributed by atoms with Crippen LogP contribution in [0.1, 0.15) is 10.4 Å². The van der Waals surface area contributed by atoms with Crippen LogP contribution in [-0.2, 0) is 9.53 Å². The van der Waals surface area contributed by atoms with Crippen molar-refractivity contribution in [2.24, 2.45) is 0 Å². The fourth-order valence-corrected chi connectivity index (χ4v) is 2.37. The number of carbonyl (C=O) groups excluding carboxylic acids is 2. The molecule has 2 rings (SSSR count). The monoisotopic (exact) mass is 397 g/mol. The first kappa shape index (κ1) is 20.3. The first-order chi connectivity index (χ1) is 12.9. The topological polar surface area (TPSA) is 83.1 Å². The zero-order valence-electron chi connectivity index (χ0n) is 14.8. The van der Waals surface area contributed by atoms with Crippen molar-refractivity contribution in [2.45, 2.75) is 0 Å². The van der Waals surface area contributed by atoms with Gasteiger partial charge in [0.05, 0.1) is 31.9 Å². The van der Waals surface area contributed by atoms with Gasteiger partial charge in [-0.2, -0.15) is 0 Å². The fraction of sp³-hybridized carbons (Fsp3) is 0.222. The van der Waals surface area contributed by atoms with Crippen LogP contribution < -0.4 is 19.5 Å². The zero-order valence-corrected chi connectivity index (χ0v) is 15.6. The molecule has 0 saturated carbocycles. The molecule has 27 heavy (non-hydrogen) atoms. The third-order valence-electron chi connectivity index (χ3n) is 3.44. The molecule has 0 aliphatic carbocycles. The number of halogens is 2. The van der Waals surface area contributed by atoms with Crippen LogP contribution in [0.5, 0.6) is 17.2 Å². The Labute approximate surface area is 159 Å². The van der Waals surface area contributed by atoms with E-state index < -0.39 is 24.3 Å². The average molecular weight is 398 g/mol. The summed E-state index contributed by atoms with van der Waals surface area (Å²) in [4.78, 5) is 23.9. The van der Waals surface area contributed by atoms with Gasteiger partial charge in [0, 0.05) is 17.8 Å². The van der Waals surface area contributed by atoms with E-state index in [0.29, 0.717) is 22.9 Å². The molecule has 9 heteroatoms. The molecular formula is C18H17ClFNO6. The molecule has 0 unspecified atom stereocenters. The minimum Gasteiger partial charge on any atom is -0.493 e. The maximum absolute atomic E-state index is 13.1. The molecule has 1 amide bonds. The molecule has 2 aromatic carbocycles. The molecule has 0 heterocycles. The lowest BCUT2D eigenvalue weighted by molar-refractivity contribution is -0.119. The lowest BCUT2D eigenvalue weighted by Gasteiger charge is -2.14. The zero-order chi connectivity index (χ0) is 20.0. The summed E-state index contributed by atoms with van der Waals surface area (Å²) in [5.74, 6) is -0.982. The Morgan fingerprint density at radius 2 is 1.67 bits per heavy atom. The second-order valence-corrected chi connectivity index (χ2v) is 5.57. The predicted molar refractivity (Wildman–Crippen MR) is 96.4 cm³/mol. The molecule has 0 bridgehead atoms. The lowest BCUT2D eigenvalue weighted by Crippen LogP contribution is -2.21. The highest BCUT2D eigenvalue weighted by atomic mass is 35.5. The molecule has 0 saturated heterocycles. The Hall–Kier alpha value is -3.00. The third kappa shape index (κ3) is 5.01. The second-order valence-electron chi connectivity index (χ2n) is 5.17. The van der Waals surface area contributed by atoms with E-state index in [-0.39, 0.29) is 10.6 Å². The van der Waals surface area contributed by atoms with E-state index in [4.69, 9.17) is 30.5 Å². The quantitative estimate of drug-likeness (QED) is 0.722. The van der Waals surface area contributed by atoms with Gasteiger partial charge in [-0.15, -0.1) is 0 Å². The first-order valence-electron chi connectivity index (χ1n) is 7.61. The minimum absolute atomic E-state index is 0.0296. The van der Waals surface area contributed by atoms with Gasteiger partial charge in [0.2, 0.25) is 5.75 Å². The molecule has 0 fully saturated rings. The summed E-state index contributed by atoms with van der Waals surface area (Å²) in [6.07, 6.45) is 0. The molecule has 0 atom stereocenters. The van der Waals surface area contributed by atoms with Gasteiger partial charge in [0.1, 0.15) is 5.82 Å². The number of ether oxygens (including phenoxy) is 4. The number of nitrogens with one attached hydrogen (secondary N) is 1. The summed E-state index contributed by atoms with van der Waals surface area (Å²) in [6.45, 7) is -0.551. The number of benzene rings is 2. The van der Waals surface area contributed by atoms with Crippen LogP contribution in [0, 0.1) is 5.82 Å². The summed E-state index contributed by atoms with van der Waals surface area (Å²) >= 11 is 5.61. The van der Waals surface area contributed by atoms with E-state index in [2.05, 4.69) is 5.32 Å². The Balaban J connectivity index is 2.03. The number of hydrogen-bond acceptors (Lipinski definition) is 6. The Morgan fingerprint density at radius 3 is 2.19 bits per heavy atom. The van der Waals surface area contributed by atoms with Gasteiger partial charge in [-0.25, -0.2) is 9.18 Å². The molecule has 0 radical (unpaired) electrons. The van der Waals surface area contributed by atoms with Crippen molar-refractivity contribution in [3.8, 4) is 17.2 Å². The smallest absolute Gasteiger partial charge is 0.338 e. The lowest BCUT2D eigenvalue weighted by atomic mass is 10.2. The summed E-state index contributed by atoms with van der Waals surface area (Å²) in [6, 6.07) is 6.42. The van der Waals surface area contributed by atoms with Crippen LogP contribution in [0.3, 0.4) is 0 Å². The number of anilines is 1. The van der Waals surface area contributed by atoms with Crippen molar-refractivity contribution in [3.63, 3.8) is 0 Å². The minimum atomic E-state index is -0.808. The number of esters is 1.